The van der Waals surface area contributed by atoms with Gasteiger partial charge in [0.25, 0.3) is 0 Å². The Morgan fingerprint density at radius 2 is 1.05 bits per heavy atom. The average Bonchev–Trinajstić information content (AvgIpc) is 2.25. The van der Waals surface area contributed by atoms with Gasteiger partial charge < -0.3 is 22.1 Å². The Bertz CT molecular complexity index is 304. The number of guanidine groups is 4. The van der Waals surface area contributed by atoms with Gasteiger partial charge in [-0.2, -0.15) is 0 Å². The van der Waals surface area contributed by atoms with Gasteiger partial charge in [-0.25, -0.2) is 0 Å². The zero-order valence-electron chi connectivity index (χ0n) is 10.7. The Morgan fingerprint density at radius 1 is 0.684 bits per heavy atom. The molecular weight excluding hydrogens is 248 g/mol. The summed E-state index contributed by atoms with van der Waals surface area (Å²) in [6, 6.07) is 0. The highest BCUT2D eigenvalue weighted by Crippen LogP contribution is 1.91. The summed E-state index contributed by atoms with van der Waals surface area (Å²) in [7, 11) is 0. The first kappa shape index (κ1) is 16.5. The Morgan fingerprint density at radius 3 is 1.37 bits per heavy atom. The van der Waals surface area contributed by atoms with Crippen molar-refractivity contribution in [3.8, 4) is 0 Å². The number of hydrogen-bond acceptors (Lipinski definition) is 4. The van der Waals surface area contributed by atoms with Gasteiger partial charge in [0.05, 0.1) is 0 Å². The van der Waals surface area contributed by atoms with Crippen molar-refractivity contribution in [1.29, 1.82) is 21.6 Å². The molecule has 0 spiro atoms. The molecule has 0 aromatic carbocycles. The molecule has 0 aliphatic carbocycles. The summed E-state index contributed by atoms with van der Waals surface area (Å²) in [5.74, 6) is -0.507. The van der Waals surface area contributed by atoms with Gasteiger partial charge in [0.1, 0.15) is 0 Å². The van der Waals surface area contributed by atoms with E-state index in [1.807, 2.05) is 0 Å². The van der Waals surface area contributed by atoms with Crippen LogP contribution in [0.1, 0.15) is 19.3 Å². The van der Waals surface area contributed by atoms with Crippen molar-refractivity contribution in [3.05, 3.63) is 0 Å². The summed E-state index contributed by atoms with van der Waals surface area (Å²) in [5, 5.41) is 38.7. The lowest BCUT2D eigenvalue weighted by molar-refractivity contribution is 0.646. The molecule has 10 heteroatoms. The predicted octanol–water partition coefficient (Wildman–Crippen LogP) is -1.83. The van der Waals surface area contributed by atoms with E-state index in [1.165, 1.54) is 0 Å². The Labute approximate surface area is 111 Å². The fourth-order valence-corrected chi connectivity index (χ4v) is 1.21. The third kappa shape index (κ3) is 11.7. The zero-order valence-corrected chi connectivity index (χ0v) is 10.7. The summed E-state index contributed by atoms with van der Waals surface area (Å²) in [6.07, 6.45) is 2.63. The van der Waals surface area contributed by atoms with E-state index in [9.17, 15) is 0 Å². The summed E-state index contributed by atoms with van der Waals surface area (Å²) < 4.78 is 0. The maximum absolute atomic E-state index is 7.33. The number of nitrogens with one attached hydrogen (secondary N) is 8. The van der Waals surface area contributed by atoms with Crippen LogP contribution in [0.15, 0.2) is 0 Å². The van der Waals surface area contributed by atoms with Gasteiger partial charge in [-0.15, -0.1) is 0 Å². The minimum atomic E-state index is -0.266. The minimum Gasteiger partial charge on any atom is -0.370 e. The quantitative estimate of drug-likeness (QED) is 0.153. The van der Waals surface area contributed by atoms with Gasteiger partial charge in [-0.1, -0.05) is 0 Å². The molecule has 0 saturated carbocycles. The largest absolute Gasteiger partial charge is 0.370 e. The number of rotatable bonds is 6. The van der Waals surface area contributed by atoms with Gasteiger partial charge in [-0.3, -0.25) is 32.3 Å². The topological polar surface area (TPSA) is 196 Å². The second kappa shape index (κ2) is 9.50. The van der Waals surface area contributed by atoms with E-state index in [0.717, 1.165) is 19.3 Å². The molecule has 0 heterocycles. The Hall–Kier alpha value is -2.52. The van der Waals surface area contributed by atoms with Crippen LogP contribution in [-0.2, 0) is 0 Å². The van der Waals surface area contributed by atoms with Crippen LogP contribution in [0.25, 0.3) is 0 Å². The van der Waals surface area contributed by atoms with Crippen LogP contribution in [0, 0.1) is 21.6 Å². The fraction of sp³-hybridized carbons (Fsp3) is 0.556. The molecule has 19 heavy (non-hydrogen) atoms. The Kier molecular flexibility index (Phi) is 8.24. The van der Waals surface area contributed by atoms with E-state index < -0.39 is 0 Å². The van der Waals surface area contributed by atoms with E-state index in [4.69, 9.17) is 33.1 Å². The highest BCUT2D eigenvalue weighted by Gasteiger charge is 1.97. The first-order chi connectivity index (χ1) is 8.91. The van der Waals surface area contributed by atoms with E-state index in [1.54, 1.807) is 0 Å². The van der Waals surface area contributed by atoms with Crippen molar-refractivity contribution in [2.45, 2.75) is 19.3 Å². The van der Waals surface area contributed by atoms with Gasteiger partial charge in [0.2, 0.25) is 0 Å². The molecule has 0 aromatic heterocycles. The summed E-state index contributed by atoms with van der Waals surface area (Å²) in [6.45, 7) is 1.23. The molecule has 0 radical (unpaired) electrons. The molecule has 0 aliphatic rings. The van der Waals surface area contributed by atoms with Crippen molar-refractivity contribution < 1.29 is 0 Å². The molecule has 0 unspecified atom stereocenters. The third-order valence-corrected chi connectivity index (χ3v) is 1.98. The van der Waals surface area contributed by atoms with Crippen LogP contribution in [-0.4, -0.2) is 36.9 Å². The standard InChI is InChI=1S/C9H22N10/c10-6(11)18-8(14)16-4-2-1-3-5-17-9(15)19-7(12)13/h1-5H2,(H6,10,11,14,16,18)(H6,12,13,15,17,19). The maximum atomic E-state index is 7.33. The van der Waals surface area contributed by atoms with Crippen LogP contribution in [0.2, 0.25) is 0 Å². The van der Waals surface area contributed by atoms with Gasteiger partial charge >= 0.3 is 0 Å². The van der Waals surface area contributed by atoms with E-state index in [0.29, 0.717) is 13.1 Å². The molecule has 0 bridgehead atoms. The van der Waals surface area contributed by atoms with Crippen LogP contribution in [0.4, 0.5) is 0 Å². The molecule has 0 rings (SSSR count). The number of hydrogen-bond donors (Lipinski definition) is 10. The fourth-order valence-electron chi connectivity index (χ4n) is 1.21. The second-order valence-corrected chi connectivity index (χ2v) is 3.74. The van der Waals surface area contributed by atoms with E-state index >= 15 is 0 Å². The van der Waals surface area contributed by atoms with Crippen LogP contribution >= 0.6 is 0 Å². The van der Waals surface area contributed by atoms with Crippen LogP contribution in [0.5, 0.6) is 0 Å². The molecule has 0 saturated heterocycles. The smallest absolute Gasteiger partial charge is 0.195 e. The van der Waals surface area contributed by atoms with E-state index in [-0.39, 0.29) is 23.8 Å². The normalized spacial score (nSPS) is 9.26. The number of nitrogens with two attached hydrogens (primary N) is 2. The SMILES string of the molecule is N=C(N)NC(=N)NCCCCCNC(=N)NC(=N)N. The first-order valence-electron chi connectivity index (χ1n) is 5.78. The monoisotopic (exact) mass is 270 g/mol. The second-order valence-electron chi connectivity index (χ2n) is 3.74. The Balaban J connectivity index is 3.36. The predicted molar refractivity (Wildman–Crippen MR) is 75.4 cm³/mol. The molecule has 0 fully saturated rings. The summed E-state index contributed by atoms with van der Waals surface area (Å²) >= 11 is 0. The molecule has 12 N–H and O–H groups in total. The van der Waals surface area contributed by atoms with E-state index in [2.05, 4.69) is 21.3 Å². The van der Waals surface area contributed by atoms with Crippen molar-refractivity contribution in [1.82, 2.24) is 21.3 Å². The third-order valence-electron chi connectivity index (χ3n) is 1.98. The summed E-state index contributed by atoms with van der Waals surface area (Å²) in [4.78, 5) is 0. The molecule has 10 nitrogen and oxygen atoms in total. The van der Waals surface area contributed by atoms with Gasteiger partial charge in [0, 0.05) is 13.1 Å². The highest BCUT2D eigenvalue weighted by molar-refractivity contribution is 5.95. The molecule has 108 valence electrons. The molecule has 0 aromatic rings. The zero-order chi connectivity index (χ0) is 14.7. The van der Waals surface area contributed by atoms with Gasteiger partial charge in [0.15, 0.2) is 23.8 Å². The minimum absolute atomic E-state index is 0.0121. The number of unbranched alkanes of at least 4 members (excludes halogenated alkanes) is 2. The van der Waals surface area contributed by atoms with Gasteiger partial charge in [-0.05, 0) is 19.3 Å². The van der Waals surface area contributed by atoms with Crippen molar-refractivity contribution in [2.75, 3.05) is 13.1 Å². The highest BCUT2D eigenvalue weighted by atomic mass is 15.2. The molecular formula is C9H22N10. The van der Waals surface area contributed by atoms with Crippen molar-refractivity contribution >= 4 is 23.8 Å². The maximum Gasteiger partial charge on any atom is 0.195 e. The average molecular weight is 270 g/mol. The van der Waals surface area contributed by atoms with Crippen LogP contribution in [0.3, 0.4) is 0 Å². The summed E-state index contributed by atoms with van der Waals surface area (Å²) in [5.41, 5.74) is 10.1. The van der Waals surface area contributed by atoms with Crippen molar-refractivity contribution in [3.63, 3.8) is 0 Å². The van der Waals surface area contributed by atoms with Crippen molar-refractivity contribution in [2.24, 2.45) is 11.5 Å². The lowest BCUT2D eigenvalue weighted by atomic mass is 10.2. The lowest BCUT2D eigenvalue weighted by Gasteiger charge is -2.10. The first-order valence-corrected chi connectivity index (χ1v) is 5.78. The molecule has 0 amide bonds. The lowest BCUT2D eigenvalue weighted by Crippen LogP contribution is -2.44. The molecule has 0 aliphatic heterocycles. The van der Waals surface area contributed by atoms with Crippen LogP contribution < -0.4 is 32.7 Å². The molecule has 0 atom stereocenters.